The molecule has 1 aromatic carbocycles. The van der Waals surface area contributed by atoms with Gasteiger partial charge in [-0.1, -0.05) is 38.1 Å². The Morgan fingerprint density at radius 3 is 2.17 bits per heavy atom. The van der Waals surface area contributed by atoms with Crippen LogP contribution in [-0.2, 0) is 27.8 Å². The molecule has 2 heterocycles. The topological polar surface area (TPSA) is 104 Å². The summed E-state index contributed by atoms with van der Waals surface area (Å²) < 4.78 is 13.5. The number of ether oxygens (including phenoxy) is 2. The largest absolute Gasteiger partial charge is 0.494 e. The molecule has 3 aromatic rings. The SMILES string of the molecule is COC(=O)[C@H](Cc1ccc(-c2c(OC)cnn(C)c2=O)cc1)NC(=O)C(C(C)C)n1c(C)ccc1C. The van der Waals surface area contributed by atoms with Gasteiger partial charge in [0.1, 0.15) is 12.1 Å². The third-order valence-corrected chi connectivity index (χ3v) is 6.31. The average Bonchev–Trinajstić information content (AvgIpc) is 3.18. The van der Waals surface area contributed by atoms with Gasteiger partial charge < -0.3 is 19.4 Å². The normalized spacial score (nSPS) is 12.8. The van der Waals surface area contributed by atoms with Gasteiger partial charge in [0.05, 0.1) is 26.0 Å². The Kier molecular flexibility index (Phi) is 8.34. The minimum Gasteiger partial charge on any atom is -0.494 e. The summed E-state index contributed by atoms with van der Waals surface area (Å²) in [5.41, 5.74) is 3.53. The highest BCUT2D eigenvalue weighted by Gasteiger charge is 2.30. The van der Waals surface area contributed by atoms with Gasteiger partial charge in [-0.15, -0.1) is 0 Å². The van der Waals surface area contributed by atoms with Gasteiger partial charge in [0, 0.05) is 24.9 Å². The molecule has 9 nitrogen and oxygen atoms in total. The van der Waals surface area contributed by atoms with Crippen molar-refractivity contribution in [2.45, 2.75) is 46.2 Å². The van der Waals surface area contributed by atoms with Crippen LogP contribution in [0.4, 0.5) is 0 Å². The van der Waals surface area contributed by atoms with Crippen LogP contribution in [0.1, 0.15) is 36.8 Å². The molecule has 3 rings (SSSR count). The fourth-order valence-electron chi connectivity index (χ4n) is 4.42. The predicted molar refractivity (Wildman–Crippen MR) is 137 cm³/mol. The number of aromatic nitrogens is 3. The third kappa shape index (κ3) is 5.50. The van der Waals surface area contributed by atoms with Gasteiger partial charge in [0.2, 0.25) is 5.91 Å². The van der Waals surface area contributed by atoms with Gasteiger partial charge in [-0.3, -0.25) is 9.59 Å². The first-order valence-electron chi connectivity index (χ1n) is 11.8. The number of nitrogens with zero attached hydrogens (tertiary/aromatic N) is 3. The number of aryl methyl sites for hydroxylation is 3. The van der Waals surface area contributed by atoms with Crippen molar-refractivity contribution in [1.82, 2.24) is 19.7 Å². The molecule has 0 saturated carbocycles. The van der Waals surface area contributed by atoms with E-state index in [1.54, 1.807) is 19.2 Å². The van der Waals surface area contributed by atoms with E-state index in [9.17, 15) is 14.4 Å². The first-order chi connectivity index (χ1) is 17.1. The molecule has 1 amide bonds. The zero-order valence-electron chi connectivity index (χ0n) is 21.9. The second-order valence-corrected chi connectivity index (χ2v) is 9.18. The molecule has 0 radical (unpaired) electrons. The van der Waals surface area contributed by atoms with E-state index in [-0.39, 0.29) is 23.8 Å². The fraction of sp³-hybridized carbons (Fsp3) is 0.407. The summed E-state index contributed by atoms with van der Waals surface area (Å²) in [6.07, 6.45) is 1.73. The molecule has 2 aromatic heterocycles. The van der Waals surface area contributed by atoms with Crippen molar-refractivity contribution in [2.75, 3.05) is 14.2 Å². The number of hydrogen-bond acceptors (Lipinski definition) is 6. The van der Waals surface area contributed by atoms with Gasteiger partial charge in [0.15, 0.2) is 5.75 Å². The van der Waals surface area contributed by atoms with Crippen molar-refractivity contribution in [3.8, 4) is 16.9 Å². The van der Waals surface area contributed by atoms with Crippen molar-refractivity contribution < 1.29 is 19.1 Å². The summed E-state index contributed by atoms with van der Waals surface area (Å²) >= 11 is 0. The van der Waals surface area contributed by atoms with Crippen LogP contribution in [0.25, 0.3) is 11.1 Å². The van der Waals surface area contributed by atoms with Crippen LogP contribution in [0, 0.1) is 19.8 Å². The number of hydrogen-bond donors (Lipinski definition) is 1. The Balaban J connectivity index is 1.86. The van der Waals surface area contributed by atoms with Crippen molar-refractivity contribution >= 4 is 11.9 Å². The number of methoxy groups -OCH3 is 2. The van der Waals surface area contributed by atoms with Crippen LogP contribution in [0.2, 0.25) is 0 Å². The van der Waals surface area contributed by atoms with Crippen molar-refractivity contribution in [2.24, 2.45) is 13.0 Å². The second kappa shape index (κ2) is 11.2. The number of amides is 1. The lowest BCUT2D eigenvalue weighted by molar-refractivity contribution is -0.145. The monoisotopic (exact) mass is 494 g/mol. The van der Waals surface area contributed by atoms with Crippen LogP contribution in [0.3, 0.4) is 0 Å². The zero-order chi connectivity index (χ0) is 26.6. The minimum absolute atomic E-state index is 0.00494. The van der Waals surface area contributed by atoms with E-state index in [1.165, 1.54) is 25.1 Å². The lowest BCUT2D eigenvalue weighted by atomic mass is 9.99. The molecule has 1 N–H and O–H groups in total. The number of carbonyl (C=O) groups is 2. The third-order valence-electron chi connectivity index (χ3n) is 6.31. The van der Waals surface area contributed by atoms with E-state index in [2.05, 4.69) is 10.4 Å². The Morgan fingerprint density at radius 1 is 1.03 bits per heavy atom. The maximum Gasteiger partial charge on any atom is 0.328 e. The molecular formula is C27H34N4O5. The summed E-state index contributed by atoms with van der Waals surface area (Å²) in [5, 5.41) is 6.90. The van der Waals surface area contributed by atoms with Crippen molar-refractivity contribution in [1.29, 1.82) is 0 Å². The van der Waals surface area contributed by atoms with Crippen LogP contribution in [-0.4, -0.2) is 46.5 Å². The lowest BCUT2D eigenvalue weighted by Gasteiger charge is -2.27. The Labute approximate surface area is 211 Å². The zero-order valence-corrected chi connectivity index (χ0v) is 21.9. The van der Waals surface area contributed by atoms with Crippen LogP contribution in [0.15, 0.2) is 47.4 Å². The van der Waals surface area contributed by atoms with E-state index in [4.69, 9.17) is 9.47 Å². The molecule has 192 valence electrons. The summed E-state index contributed by atoms with van der Waals surface area (Å²) in [7, 11) is 4.36. The molecule has 0 aliphatic carbocycles. The standard InChI is InChI=1S/C27H34N4O5/c1-16(2)24(31-17(3)8-9-18(31)4)25(32)29-21(27(34)36-7)14-19-10-12-20(13-11-19)23-22(35-6)15-28-30(5)26(23)33/h8-13,15-16,21,24H,14H2,1-7H3,(H,29,32)/t21-,24?/m0/s1. The Hall–Kier alpha value is -3.88. The first kappa shape index (κ1) is 26.7. The first-order valence-corrected chi connectivity index (χ1v) is 11.8. The maximum absolute atomic E-state index is 13.4. The fourth-order valence-corrected chi connectivity index (χ4v) is 4.42. The number of benzene rings is 1. The molecule has 0 fully saturated rings. The molecule has 0 aliphatic rings. The van der Waals surface area contributed by atoms with E-state index in [0.29, 0.717) is 16.9 Å². The van der Waals surface area contributed by atoms with Crippen molar-refractivity contribution in [3.05, 3.63) is 69.9 Å². The molecule has 0 saturated heterocycles. The second-order valence-electron chi connectivity index (χ2n) is 9.18. The molecule has 9 heteroatoms. The van der Waals surface area contributed by atoms with Gasteiger partial charge in [-0.25, -0.2) is 9.48 Å². The highest BCUT2D eigenvalue weighted by atomic mass is 16.5. The predicted octanol–water partition coefficient (Wildman–Crippen LogP) is 2.97. The van der Waals surface area contributed by atoms with E-state index >= 15 is 0 Å². The lowest BCUT2D eigenvalue weighted by Crippen LogP contribution is -2.47. The Bertz CT molecular complexity index is 1270. The summed E-state index contributed by atoms with van der Waals surface area (Å²) in [6, 6.07) is 9.82. The molecule has 0 aliphatic heterocycles. The van der Waals surface area contributed by atoms with Crippen molar-refractivity contribution in [3.63, 3.8) is 0 Å². The molecule has 1 unspecified atom stereocenters. The molecule has 2 atom stereocenters. The number of esters is 1. The van der Waals surface area contributed by atoms with E-state index < -0.39 is 18.1 Å². The van der Waals surface area contributed by atoms with Gasteiger partial charge in [0.25, 0.3) is 5.56 Å². The smallest absolute Gasteiger partial charge is 0.328 e. The highest BCUT2D eigenvalue weighted by Crippen LogP contribution is 2.26. The Morgan fingerprint density at radius 2 is 1.64 bits per heavy atom. The van der Waals surface area contributed by atoms with Crippen LogP contribution >= 0.6 is 0 Å². The summed E-state index contributed by atoms with van der Waals surface area (Å²) in [6.45, 7) is 7.87. The van der Waals surface area contributed by atoms with Crippen LogP contribution < -0.4 is 15.6 Å². The van der Waals surface area contributed by atoms with E-state index in [0.717, 1.165) is 17.0 Å². The molecule has 36 heavy (non-hydrogen) atoms. The molecular weight excluding hydrogens is 460 g/mol. The van der Waals surface area contributed by atoms with Gasteiger partial charge in [-0.2, -0.15) is 5.10 Å². The average molecular weight is 495 g/mol. The minimum atomic E-state index is -0.867. The number of carbonyl (C=O) groups excluding carboxylic acids is 2. The summed E-state index contributed by atoms with van der Waals surface area (Å²) in [4.78, 5) is 38.6. The summed E-state index contributed by atoms with van der Waals surface area (Å²) in [5.74, 6) is -0.392. The van der Waals surface area contributed by atoms with Gasteiger partial charge >= 0.3 is 5.97 Å². The quantitative estimate of drug-likeness (QED) is 0.459. The number of nitrogens with one attached hydrogen (secondary N) is 1. The maximum atomic E-state index is 13.4. The molecule has 0 bridgehead atoms. The number of rotatable bonds is 9. The highest BCUT2D eigenvalue weighted by molar-refractivity contribution is 5.87. The molecule has 0 spiro atoms. The van der Waals surface area contributed by atoms with Crippen LogP contribution in [0.5, 0.6) is 5.75 Å². The van der Waals surface area contributed by atoms with Gasteiger partial charge in [-0.05, 0) is 43.0 Å². The van der Waals surface area contributed by atoms with E-state index in [1.807, 2.05) is 56.5 Å².